The molecular weight excluding hydrogens is 278 g/mol. The maximum atomic E-state index is 11.8. The first-order chi connectivity index (χ1) is 10.3. The third kappa shape index (κ3) is 5.85. The predicted molar refractivity (Wildman–Crippen MR) is 88.4 cm³/mol. The Kier molecular flexibility index (Phi) is 7.05. The second kappa shape index (κ2) is 8.54. The van der Waals surface area contributed by atoms with Gasteiger partial charge in [0.05, 0.1) is 12.6 Å². The molecule has 0 fully saturated rings. The van der Waals surface area contributed by atoms with E-state index in [2.05, 4.69) is 23.6 Å². The lowest BCUT2D eigenvalue weighted by molar-refractivity contribution is -0.127. The van der Waals surface area contributed by atoms with Crippen molar-refractivity contribution in [3.63, 3.8) is 0 Å². The molecule has 0 bridgehead atoms. The summed E-state index contributed by atoms with van der Waals surface area (Å²) in [5.41, 5.74) is 8.10. The zero-order valence-corrected chi connectivity index (χ0v) is 13.8. The van der Waals surface area contributed by atoms with Crippen LogP contribution in [0.4, 0.5) is 0 Å². The number of hydrogen-bond acceptors (Lipinski definition) is 3. The molecule has 1 rings (SSSR count). The van der Waals surface area contributed by atoms with E-state index in [4.69, 9.17) is 5.73 Å². The summed E-state index contributed by atoms with van der Waals surface area (Å²) in [5.74, 6) is -0.234. The number of benzene rings is 1. The van der Waals surface area contributed by atoms with Crippen molar-refractivity contribution < 1.29 is 9.59 Å². The Morgan fingerprint density at radius 1 is 1.18 bits per heavy atom. The van der Waals surface area contributed by atoms with E-state index in [1.807, 2.05) is 39.0 Å². The van der Waals surface area contributed by atoms with Gasteiger partial charge in [0, 0.05) is 6.54 Å². The number of aryl methyl sites for hydroxylation is 1. The van der Waals surface area contributed by atoms with Crippen LogP contribution >= 0.6 is 0 Å². The van der Waals surface area contributed by atoms with Crippen LogP contribution in [0, 0.1) is 12.8 Å². The van der Waals surface area contributed by atoms with Crippen LogP contribution in [0.3, 0.4) is 0 Å². The summed E-state index contributed by atoms with van der Waals surface area (Å²) in [6.45, 7) is 8.33. The average Bonchev–Trinajstić information content (AvgIpc) is 2.49. The zero-order valence-electron chi connectivity index (χ0n) is 13.8. The lowest BCUT2D eigenvalue weighted by Gasteiger charge is -2.16. The Hall–Kier alpha value is -1.88. The van der Waals surface area contributed by atoms with Crippen LogP contribution in [-0.4, -0.2) is 30.9 Å². The molecule has 0 aliphatic carbocycles. The molecule has 0 saturated heterocycles. The third-order valence-corrected chi connectivity index (χ3v) is 3.66. The van der Waals surface area contributed by atoms with E-state index in [0.717, 1.165) is 0 Å². The third-order valence-electron chi connectivity index (χ3n) is 3.66. The van der Waals surface area contributed by atoms with Crippen molar-refractivity contribution in [1.29, 1.82) is 0 Å². The molecule has 0 radical (unpaired) electrons. The van der Waals surface area contributed by atoms with Gasteiger partial charge in [-0.25, -0.2) is 0 Å². The minimum absolute atomic E-state index is 0.0419. The summed E-state index contributed by atoms with van der Waals surface area (Å²) in [4.78, 5) is 23.4. The molecule has 0 heterocycles. The Balaban J connectivity index is 2.35. The minimum Gasteiger partial charge on any atom is -0.354 e. The first-order valence-corrected chi connectivity index (χ1v) is 7.67. The molecule has 2 amide bonds. The maximum Gasteiger partial charge on any atom is 0.239 e. The molecule has 1 aromatic rings. The molecule has 1 unspecified atom stereocenters. The van der Waals surface area contributed by atoms with Crippen LogP contribution in [0.5, 0.6) is 0 Å². The first kappa shape index (κ1) is 18.2. The zero-order chi connectivity index (χ0) is 16.7. The van der Waals surface area contributed by atoms with Crippen LogP contribution in [0.1, 0.15) is 37.8 Å². The number of carbonyl (C=O) groups is 2. The van der Waals surface area contributed by atoms with E-state index >= 15 is 0 Å². The van der Waals surface area contributed by atoms with Crippen molar-refractivity contribution in [3.05, 3.63) is 35.4 Å². The molecule has 5 nitrogen and oxygen atoms in total. The topological polar surface area (TPSA) is 84.2 Å². The lowest BCUT2D eigenvalue weighted by atomic mass is 9.99. The van der Waals surface area contributed by atoms with Crippen LogP contribution in [0.2, 0.25) is 0 Å². The highest BCUT2D eigenvalue weighted by atomic mass is 16.2. The fourth-order valence-electron chi connectivity index (χ4n) is 2.01. The number of rotatable bonds is 7. The van der Waals surface area contributed by atoms with Crippen molar-refractivity contribution in [2.24, 2.45) is 11.7 Å². The van der Waals surface area contributed by atoms with Crippen molar-refractivity contribution in [2.45, 2.75) is 39.7 Å². The minimum atomic E-state index is -0.584. The molecule has 0 aromatic heterocycles. The van der Waals surface area contributed by atoms with Gasteiger partial charge in [-0.15, -0.1) is 0 Å². The first-order valence-electron chi connectivity index (χ1n) is 7.67. The highest BCUT2D eigenvalue weighted by Crippen LogP contribution is 2.15. The fraction of sp³-hybridized carbons (Fsp3) is 0.529. The lowest BCUT2D eigenvalue weighted by Crippen LogP contribution is -2.47. The number of nitrogens with two attached hydrogens (primary N) is 1. The van der Waals surface area contributed by atoms with Gasteiger partial charge in [0.25, 0.3) is 0 Å². The number of amides is 2. The normalized spacial score (nSPS) is 13.5. The monoisotopic (exact) mass is 305 g/mol. The van der Waals surface area contributed by atoms with Crippen LogP contribution in [-0.2, 0) is 9.59 Å². The SMILES string of the molecule is Cc1cccc(C(C)CNC(=O)CNC(=O)[C@@H](N)C(C)C)c1. The van der Waals surface area contributed by atoms with Gasteiger partial charge >= 0.3 is 0 Å². The van der Waals surface area contributed by atoms with E-state index in [0.29, 0.717) is 6.54 Å². The molecule has 1 aromatic carbocycles. The second-order valence-electron chi connectivity index (χ2n) is 6.11. The molecule has 4 N–H and O–H groups in total. The van der Waals surface area contributed by atoms with Crippen LogP contribution in [0.15, 0.2) is 24.3 Å². The largest absolute Gasteiger partial charge is 0.354 e. The summed E-state index contributed by atoms with van der Waals surface area (Å²) < 4.78 is 0. The van der Waals surface area contributed by atoms with Gasteiger partial charge in [0.1, 0.15) is 0 Å². The Morgan fingerprint density at radius 3 is 2.45 bits per heavy atom. The molecule has 122 valence electrons. The summed E-state index contributed by atoms with van der Waals surface area (Å²) in [6.07, 6.45) is 0. The highest BCUT2D eigenvalue weighted by molar-refractivity contribution is 5.87. The number of hydrogen-bond donors (Lipinski definition) is 3. The van der Waals surface area contributed by atoms with Crippen molar-refractivity contribution in [1.82, 2.24) is 10.6 Å². The molecule has 2 atom stereocenters. The van der Waals surface area contributed by atoms with Gasteiger partial charge in [-0.3, -0.25) is 9.59 Å². The fourth-order valence-corrected chi connectivity index (χ4v) is 2.01. The van der Waals surface area contributed by atoms with Crippen molar-refractivity contribution in [2.75, 3.05) is 13.1 Å². The van der Waals surface area contributed by atoms with E-state index in [1.165, 1.54) is 11.1 Å². The molecular formula is C17H27N3O2. The summed E-state index contributed by atoms with van der Waals surface area (Å²) in [6, 6.07) is 7.63. The molecule has 0 spiro atoms. The van der Waals surface area contributed by atoms with Gasteiger partial charge in [0.2, 0.25) is 11.8 Å². The Morgan fingerprint density at radius 2 is 1.86 bits per heavy atom. The number of nitrogens with one attached hydrogen (secondary N) is 2. The maximum absolute atomic E-state index is 11.8. The second-order valence-corrected chi connectivity index (χ2v) is 6.11. The Labute approximate surface area is 132 Å². The van der Waals surface area contributed by atoms with Gasteiger partial charge in [-0.1, -0.05) is 50.6 Å². The molecule has 0 aliphatic rings. The quantitative estimate of drug-likeness (QED) is 0.710. The van der Waals surface area contributed by atoms with Gasteiger partial charge in [-0.2, -0.15) is 0 Å². The summed E-state index contributed by atoms with van der Waals surface area (Å²) in [7, 11) is 0. The molecule has 5 heteroatoms. The predicted octanol–water partition coefficient (Wildman–Crippen LogP) is 1.31. The van der Waals surface area contributed by atoms with Crippen LogP contribution in [0.25, 0.3) is 0 Å². The highest BCUT2D eigenvalue weighted by Gasteiger charge is 2.17. The number of carbonyl (C=O) groups excluding carboxylic acids is 2. The Bertz CT molecular complexity index is 514. The molecule has 22 heavy (non-hydrogen) atoms. The summed E-state index contributed by atoms with van der Waals surface area (Å²) >= 11 is 0. The van der Waals surface area contributed by atoms with E-state index in [-0.39, 0.29) is 30.2 Å². The van der Waals surface area contributed by atoms with E-state index in [1.54, 1.807) is 0 Å². The van der Waals surface area contributed by atoms with Crippen LogP contribution < -0.4 is 16.4 Å². The van der Waals surface area contributed by atoms with Crippen molar-refractivity contribution >= 4 is 11.8 Å². The standard InChI is InChI=1S/C17H27N3O2/c1-11(2)16(18)17(22)20-10-15(21)19-9-13(4)14-7-5-6-12(3)8-14/h5-8,11,13,16H,9-10,18H2,1-4H3,(H,19,21)(H,20,22)/t13?,16-/m0/s1. The van der Waals surface area contributed by atoms with E-state index < -0.39 is 6.04 Å². The van der Waals surface area contributed by atoms with Crippen molar-refractivity contribution in [3.8, 4) is 0 Å². The average molecular weight is 305 g/mol. The molecule has 0 saturated carbocycles. The van der Waals surface area contributed by atoms with E-state index in [9.17, 15) is 9.59 Å². The smallest absolute Gasteiger partial charge is 0.239 e. The van der Waals surface area contributed by atoms with Gasteiger partial charge < -0.3 is 16.4 Å². The molecule has 0 aliphatic heterocycles. The van der Waals surface area contributed by atoms with Gasteiger partial charge in [0.15, 0.2) is 0 Å². The van der Waals surface area contributed by atoms with Gasteiger partial charge in [-0.05, 0) is 24.3 Å². The summed E-state index contributed by atoms with van der Waals surface area (Å²) in [5, 5.41) is 5.39.